The van der Waals surface area contributed by atoms with Gasteiger partial charge in [0.25, 0.3) is 0 Å². The standard InChI is InChI=1S/C17H17ClN2O/c1-3-21-17-7-5-4-6-14(17)12(2)20-16-10-13(11-19)8-9-15(16)18/h4-10,12,20H,3H2,1-2H3. The molecular formula is C17H17ClN2O. The number of nitrogens with zero attached hydrogens (tertiary/aromatic N) is 1. The maximum atomic E-state index is 8.98. The minimum atomic E-state index is 0.0131. The zero-order valence-electron chi connectivity index (χ0n) is 12.1. The van der Waals surface area contributed by atoms with Crippen LogP contribution in [0, 0.1) is 11.3 Å². The number of ether oxygens (including phenoxy) is 1. The molecule has 21 heavy (non-hydrogen) atoms. The van der Waals surface area contributed by atoms with E-state index in [1.165, 1.54) is 0 Å². The van der Waals surface area contributed by atoms with E-state index in [2.05, 4.69) is 11.4 Å². The fraction of sp³-hybridized carbons (Fsp3) is 0.235. The van der Waals surface area contributed by atoms with Gasteiger partial charge < -0.3 is 10.1 Å². The van der Waals surface area contributed by atoms with Crippen LogP contribution in [0.25, 0.3) is 0 Å². The van der Waals surface area contributed by atoms with E-state index >= 15 is 0 Å². The molecule has 0 bridgehead atoms. The molecule has 0 spiro atoms. The summed E-state index contributed by atoms with van der Waals surface area (Å²) < 4.78 is 5.65. The molecule has 108 valence electrons. The van der Waals surface area contributed by atoms with E-state index in [0.717, 1.165) is 17.0 Å². The third kappa shape index (κ3) is 3.68. The van der Waals surface area contributed by atoms with Crippen LogP contribution in [-0.4, -0.2) is 6.61 Å². The lowest BCUT2D eigenvalue weighted by Gasteiger charge is -2.19. The summed E-state index contributed by atoms with van der Waals surface area (Å²) in [6.45, 7) is 4.61. The number of halogens is 1. The molecule has 0 radical (unpaired) electrons. The van der Waals surface area contributed by atoms with Crippen LogP contribution < -0.4 is 10.1 Å². The molecular weight excluding hydrogens is 284 g/mol. The van der Waals surface area contributed by atoms with Gasteiger partial charge in [0.1, 0.15) is 5.75 Å². The molecule has 0 amide bonds. The molecule has 3 nitrogen and oxygen atoms in total. The van der Waals surface area contributed by atoms with Crippen molar-refractivity contribution in [1.82, 2.24) is 0 Å². The lowest BCUT2D eigenvalue weighted by atomic mass is 10.1. The Balaban J connectivity index is 2.26. The van der Waals surface area contributed by atoms with Crippen molar-refractivity contribution in [3.63, 3.8) is 0 Å². The molecule has 0 fully saturated rings. The van der Waals surface area contributed by atoms with E-state index in [9.17, 15) is 0 Å². The third-order valence-electron chi connectivity index (χ3n) is 3.15. The first-order chi connectivity index (χ1) is 10.2. The monoisotopic (exact) mass is 300 g/mol. The van der Waals surface area contributed by atoms with Gasteiger partial charge in [0.05, 0.1) is 35.0 Å². The number of anilines is 1. The number of para-hydroxylation sites is 1. The molecule has 4 heteroatoms. The Morgan fingerprint density at radius 1 is 1.29 bits per heavy atom. The van der Waals surface area contributed by atoms with Crippen LogP contribution >= 0.6 is 11.6 Å². The average molecular weight is 301 g/mol. The topological polar surface area (TPSA) is 45.0 Å². The Hall–Kier alpha value is -2.18. The summed E-state index contributed by atoms with van der Waals surface area (Å²) >= 11 is 6.18. The van der Waals surface area contributed by atoms with Gasteiger partial charge in [-0.1, -0.05) is 29.8 Å². The van der Waals surface area contributed by atoms with Gasteiger partial charge in [-0.15, -0.1) is 0 Å². The average Bonchev–Trinajstić information content (AvgIpc) is 2.50. The maximum Gasteiger partial charge on any atom is 0.124 e. The Morgan fingerprint density at radius 2 is 2.05 bits per heavy atom. The summed E-state index contributed by atoms with van der Waals surface area (Å²) in [4.78, 5) is 0. The molecule has 0 aliphatic heterocycles. The first-order valence-electron chi connectivity index (χ1n) is 6.83. The number of rotatable bonds is 5. The molecule has 1 N–H and O–H groups in total. The number of nitriles is 1. The molecule has 0 aliphatic rings. The van der Waals surface area contributed by atoms with Crippen molar-refractivity contribution in [3.8, 4) is 11.8 Å². The fourth-order valence-corrected chi connectivity index (χ4v) is 2.31. The number of hydrogen-bond donors (Lipinski definition) is 1. The molecule has 0 aromatic heterocycles. The second kappa shape index (κ2) is 7.01. The molecule has 2 aromatic rings. The molecule has 0 heterocycles. The Kier molecular flexibility index (Phi) is 5.08. The molecule has 2 rings (SSSR count). The van der Waals surface area contributed by atoms with Gasteiger partial charge in [-0.3, -0.25) is 0 Å². The normalized spacial score (nSPS) is 11.5. The second-order valence-electron chi connectivity index (χ2n) is 4.64. The highest BCUT2D eigenvalue weighted by Gasteiger charge is 2.12. The predicted molar refractivity (Wildman–Crippen MR) is 85.8 cm³/mol. The molecule has 1 unspecified atom stereocenters. The predicted octanol–water partition coefficient (Wildman–Crippen LogP) is 4.78. The highest BCUT2D eigenvalue weighted by Crippen LogP contribution is 2.31. The van der Waals surface area contributed by atoms with Crippen molar-refractivity contribution >= 4 is 17.3 Å². The van der Waals surface area contributed by atoms with E-state index in [-0.39, 0.29) is 6.04 Å². The van der Waals surface area contributed by atoms with Crippen LogP contribution in [0.1, 0.15) is 31.0 Å². The van der Waals surface area contributed by atoms with E-state index < -0.39 is 0 Å². The van der Waals surface area contributed by atoms with Crippen molar-refractivity contribution in [2.24, 2.45) is 0 Å². The van der Waals surface area contributed by atoms with Crippen molar-refractivity contribution in [2.45, 2.75) is 19.9 Å². The van der Waals surface area contributed by atoms with Crippen molar-refractivity contribution in [1.29, 1.82) is 5.26 Å². The number of benzene rings is 2. The first kappa shape index (κ1) is 15.2. The number of nitrogens with one attached hydrogen (secondary N) is 1. The van der Waals surface area contributed by atoms with Crippen LogP contribution in [0.5, 0.6) is 5.75 Å². The molecule has 0 saturated heterocycles. The van der Waals surface area contributed by atoms with E-state index in [1.54, 1.807) is 18.2 Å². The van der Waals surface area contributed by atoms with Gasteiger partial charge in [-0.2, -0.15) is 5.26 Å². The lowest BCUT2D eigenvalue weighted by molar-refractivity contribution is 0.335. The lowest BCUT2D eigenvalue weighted by Crippen LogP contribution is -2.09. The summed E-state index contributed by atoms with van der Waals surface area (Å²) in [5.74, 6) is 0.854. The van der Waals surface area contributed by atoms with Crippen molar-refractivity contribution in [3.05, 3.63) is 58.6 Å². The van der Waals surface area contributed by atoms with Crippen LogP contribution in [0.4, 0.5) is 5.69 Å². The second-order valence-corrected chi connectivity index (χ2v) is 5.05. The van der Waals surface area contributed by atoms with Gasteiger partial charge in [0, 0.05) is 5.56 Å². The van der Waals surface area contributed by atoms with Crippen LogP contribution in [0.2, 0.25) is 5.02 Å². The molecule has 2 aromatic carbocycles. The quantitative estimate of drug-likeness (QED) is 0.864. The fourth-order valence-electron chi connectivity index (χ4n) is 2.14. The van der Waals surface area contributed by atoms with Gasteiger partial charge in [-0.05, 0) is 38.1 Å². The van der Waals surface area contributed by atoms with Gasteiger partial charge in [0.2, 0.25) is 0 Å². The highest BCUT2D eigenvalue weighted by atomic mass is 35.5. The van der Waals surface area contributed by atoms with Gasteiger partial charge in [0.15, 0.2) is 0 Å². The third-order valence-corrected chi connectivity index (χ3v) is 3.48. The first-order valence-corrected chi connectivity index (χ1v) is 7.21. The van der Waals surface area contributed by atoms with E-state index in [4.69, 9.17) is 21.6 Å². The summed E-state index contributed by atoms with van der Waals surface area (Å²) in [6, 6.07) is 15.2. The minimum Gasteiger partial charge on any atom is -0.494 e. The largest absolute Gasteiger partial charge is 0.494 e. The number of hydrogen-bond acceptors (Lipinski definition) is 3. The van der Waals surface area contributed by atoms with Gasteiger partial charge in [-0.25, -0.2) is 0 Å². The van der Waals surface area contributed by atoms with Crippen LogP contribution in [0.3, 0.4) is 0 Å². The SMILES string of the molecule is CCOc1ccccc1C(C)Nc1cc(C#N)ccc1Cl. The Labute approximate surface area is 130 Å². The summed E-state index contributed by atoms with van der Waals surface area (Å²) in [7, 11) is 0. The Morgan fingerprint density at radius 3 is 2.76 bits per heavy atom. The zero-order valence-corrected chi connectivity index (χ0v) is 12.8. The van der Waals surface area contributed by atoms with E-state index in [0.29, 0.717) is 17.2 Å². The van der Waals surface area contributed by atoms with Crippen LogP contribution in [-0.2, 0) is 0 Å². The minimum absolute atomic E-state index is 0.0131. The molecule has 0 aliphatic carbocycles. The molecule has 0 saturated carbocycles. The van der Waals surface area contributed by atoms with E-state index in [1.807, 2.05) is 38.1 Å². The van der Waals surface area contributed by atoms with Gasteiger partial charge >= 0.3 is 0 Å². The smallest absolute Gasteiger partial charge is 0.124 e. The van der Waals surface area contributed by atoms with Crippen molar-refractivity contribution < 1.29 is 4.74 Å². The van der Waals surface area contributed by atoms with Crippen LogP contribution in [0.15, 0.2) is 42.5 Å². The Bertz CT molecular complexity index is 664. The summed E-state index contributed by atoms with van der Waals surface area (Å²) in [5.41, 5.74) is 2.37. The zero-order chi connectivity index (χ0) is 15.2. The summed E-state index contributed by atoms with van der Waals surface area (Å²) in [6.07, 6.45) is 0. The molecule has 1 atom stereocenters. The highest BCUT2D eigenvalue weighted by molar-refractivity contribution is 6.33. The summed E-state index contributed by atoms with van der Waals surface area (Å²) in [5, 5.41) is 12.9. The van der Waals surface area contributed by atoms with Crippen molar-refractivity contribution in [2.75, 3.05) is 11.9 Å². The maximum absolute atomic E-state index is 8.98.